The summed E-state index contributed by atoms with van der Waals surface area (Å²) in [5.41, 5.74) is 2.19. The molecule has 0 spiro atoms. The Kier molecular flexibility index (Phi) is 4.49. The van der Waals surface area contributed by atoms with E-state index in [2.05, 4.69) is 34.2 Å². The van der Waals surface area contributed by atoms with E-state index in [1.807, 2.05) is 31.2 Å². The smallest absolute Gasteiger partial charge is 0.169 e. The second kappa shape index (κ2) is 5.91. The predicted octanol–water partition coefficient (Wildman–Crippen LogP) is 4.70. The molecule has 1 aromatic carbocycles. The summed E-state index contributed by atoms with van der Waals surface area (Å²) in [5.74, 6) is 0.856. The minimum atomic E-state index is -0.0191. The Morgan fingerprint density at radius 3 is 2.67 bits per heavy atom. The Morgan fingerprint density at radius 1 is 1.33 bits per heavy atom. The largest absolute Gasteiger partial charge is 0.452 e. The van der Waals surface area contributed by atoms with Crippen molar-refractivity contribution in [3.63, 3.8) is 0 Å². The highest BCUT2D eigenvalue weighted by Gasteiger charge is 2.19. The van der Waals surface area contributed by atoms with Crippen LogP contribution in [-0.4, -0.2) is 6.54 Å². The third kappa shape index (κ3) is 2.97. The van der Waals surface area contributed by atoms with Crippen molar-refractivity contribution in [1.29, 1.82) is 0 Å². The van der Waals surface area contributed by atoms with Crippen molar-refractivity contribution in [1.82, 2.24) is 5.32 Å². The van der Waals surface area contributed by atoms with Crippen molar-refractivity contribution in [3.8, 4) is 0 Å². The van der Waals surface area contributed by atoms with Gasteiger partial charge >= 0.3 is 0 Å². The van der Waals surface area contributed by atoms with Crippen LogP contribution >= 0.6 is 27.5 Å². The Hall–Kier alpha value is -0.770. The third-order valence-corrected chi connectivity index (χ3v) is 3.51. The predicted molar refractivity (Wildman–Crippen MR) is 78.1 cm³/mol. The molecule has 0 amide bonds. The van der Waals surface area contributed by atoms with Crippen molar-refractivity contribution in [3.05, 3.63) is 56.9 Å². The van der Waals surface area contributed by atoms with E-state index >= 15 is 0 Å². The van der Waals surface area contributed by atoms with Gasteiger partial charge in [-0.2, -0.15) is 0 Å². The first-order chi connectivity index (χ1) is 8.61. The van der Waals surface area contributed by atoms with Crippen molar-refractivity contribution < 1.29 is 4.42 Å². The lowest BCUT2D eigenvalue weighted by molar-refractivity contribution is 0.437. The van der Waals surface area contributed by atoms with E-state index in [0.29, 0.717) is 0 Å². The molecule has 18 heavy (non-hydrogen) atoms. The minimum Gasteiger partial charge on any atom is -0.452 e. The first-order valence-corrected chi connectivity index (χ1v) is 7.03. The summed E-state index contributed by atoms with van der Waals surface area (Å²) in [6.45, 7) is 4.93. The van der Waals surface area contributed by atoms with Crippen molar-refractivity contribution in [2.75, 3.05) is 6.54 Å². The normalized spacial score (nSPS) is 12.7. The highest BCUT2D eigenvalue weighted by Crippen LogP contribution is 2.31. The minimum absolute atomic E-state index is 0.0191. The number of halogens is 2. The zero-order valence-electron chi connectivity index (χ0n) is 10.3. The summed E-state index contributed by atoms with van der Waals surface area (Å²) in [6, 6.07) is 9.90. The molecule has 0 aliphatic rings. The lowest BCUT2D eigenvalue weighted by Gasteiger charge is -2.17. The third-order valence-electron chi connectivity index (χ3n) is 2.75. The molecule has 1 atom stereocenters. The molecule has 0 aliphatic heterocycles. The van der Waals surface area contributed by atoms with Gasteiger partial charge in [-0.15, -0.1) is 0 Å². The summed E-state index contributed by atoms with van der Waals surface area (Å²) < 4.78 is 6.36. The summed E-state index contributed by atoms with van der Waals surface area (Å²) in [7, 11) is 0. The number of nitrogens with one attached hydrogen (secondary N) is 1. The molecule has 4 heteroatoms. The summed E-state index contributed by atoms with van der Waals surface area (Å²) >= 11 is 9.65. The fourth-order valence-corrected chi connectivity index (χ4v) is 2.58. The molecular weight excluding hydrogens is 314 g/mol. The van der Waals surface area contributed by atoms with Gasteiger partial charge in [0, 0.05) is 5.02 Å². The molecule has 0 bridgehead atoms. The molecule has 0 aliphatic carbocycles. The molecule has 2 nitrogen and oxygen atoms in total. The van der Waals surface area contributed by atoms with Crippen LogP contribution in [0.1, 0.15) is 29.9 Å². The van der Waals surface area contributed by atoms with E-state index in [1.54, 1.807) is 0 Å². The summed E-state index contributed by atoms with van der Waals surface area (Å²) in [6.07, 6.45) is 0. The zero-order chi connectivity index (χ0) is 13.1. The highest BCUT2D eigenvalue weighted by atomic mass is 79.9. The average Bonchev–Trinajstić information content (AvgIpc) is 2.73. The van der Waals surface area contributed by atoms with Gasteiger partial charge in [-0.05, 0) is 58.7 Å². The van der Waals surface area contributed by atoms with Crippen LogP contribution in [0.2, 0.25) is 5.02 Å². The van der Waals surface area contributed by atoms with E-state index < -0.39 is 0 Å². The van der Waals surface area contributed by atoms with Gasteiger partial charge in [0.15, 0.2) is 4.67 Å². The van der Waals surface area contributed by atoms with Crippen LogP contribution in [0.4, 0.5) is 0 Å². The van der Waals surface area contributed by atoms with Gasteiger partial charge in [-0.3, -0.25) is 0 Å². The molecule has 1 unspecified atom stereocenters. The van der Waals surface area contributed by atoms with E-state index in [-0.39, 0.29) is 6.04 Å². The molecule has 1 N–H and O–H groups in total. The number of hydrogen-bond donors (Lipinski definition) is 1. The number of benzene rings is 1. The second-order valence-electron chi connectivity index (χ2n) is 4.16. The fraction of sp³-hybridized carbons (Fsp3) is 0.286. The molecule has 96 valence electrons. The molecule has 0 saturated carbocycles. The quantitative estimate of drug-likeness (QED) is 0.880. The van der Waals surface area contributed by atoms with Gasteiger partial charge in [0.1, 0.15) is 5.76 Å². The van der Waals surface area contributed by atoms with Crippen LogP contribution in [0.3, 0.4) is 0 Å². The topological polar surface area (TPSA) is 25.2 Å². The number of aryl methyl sites for hydroxylation is 1. The van der Waals surface area contributed by atoms with Crippen LogP contribution in [0, 0.1) is 6.92 Å². The molecular formula is C14H15BrClNO. The van der Waals surface area contributed by atoms with Crippen LogP contribution < -0.4 is 5.32 Å². The number of rotatable bonds is 4. The summed E-state index contributed by atoms with van der Waals surface area (Å²) in [4.78, 5) is 0. The van der Waals surface area contributed by atoms with Gasteiger partial charge in [-0.1, -0.05) is 30.7 Å². The second-order valence-corrected chi connectivity index (χ2v) is 5.35. The number of hydrogen-bond acceptors (Lipinski definition) is 2. The lowest BCUT2D eigenvalue weighted by atomic mass is 10.0. The molecule has 2 aromatic rings. The Bertz CT molecular complexity index is 538. The summed E-state index contributed by atoms with van der Waals surface area (Å²) in [5, 5.41) is 4.15. The van der Waals surface area contributed by atoms with E-state index in [9.17, 15) is 0 Å². The lowest BCUT2D eigenvalue weighted by Crippen LogP contribution is -2.21. The first-order valence-electron chi connectivity index (χ1n) is 5.86. The SMILES string of the molecule is CCNC(c1ccc(Br)o1)c1ccc(C)cc1Cl. The maximum Gasteiger partial charge on any atom is 0.169 e. The maximum atomic E-state index is 6.32. The van der Waals surface area contributed by atoms with E-state index in [4.69, 9.17) is 16.0 Å². The average molecular weight is 329 g/mol. The number of furan rings is 1. The van der Waals surface area contributed by atoms with Crippen LogP contribution in [0.5, 0.6) is 0 Å². The van der Waals surface area contributed by atoms with E-state index in [0.717, 1.165) is 33.1 Å². The van der Waals surface area contributed by atoms with Gasteiger partial charge in [-0.25, -0.2) is 0 Å². The Morgan fingerprint density at radius 2 is 2.11 bits per heavy atom. The molecule has 0 radical (unpaired) electrons. The highest BCUT2D eigenvalue weighted by molar-refractivity contribution is 9.10. The van der Waals surface area contributed by atoms with Gasteiger partial charge in [0.05, 0.1) is 6.04 Å². The fourth-order valence-electron chi connectivity index (χ4n) is 1.92. The molecule has 1 heterocycles. The Balaban J connectivity index is 2.41. The van der Waals surface area contributed by atoms with Crippen molar-refractivity contribution in [2.24, 2.45) is 0 Å². The van der Waals surface area contributed by atoms with Gasteiger partial charge < -0.3 is 9.73 Å². The van der Waals surface area contributed by atoms with Crippen LogP contribution in [0.25, 0.3) is 0 Å². The molecule has 0 fully saturated rings. The first kappa shape index (κ1) is 13.7. The van der Waals surface area contributed by atoms with Gasteiger partial charge in [0.2, 0.25) is 0 Å². The molecule has 1 aromatic heterocycles. The van der Waals surface area contributed by atoms with E-state index in [1.165, 1.54) is 0 Å². The van der Waals surface area contributed by atoms with Crippen molar-refractivity contribution >= 4 is 27.5 Å². The van der Waals surface area contributed by atoms with Crippen LogP contribution in [0.15, 0.2) is 39.4 Å². The Labute approximate surface area is 120 Å². The maximum absolute atomic E-state index is 6.32. The van der Waals surface area contributed by atoms with Crippen LogP contribution in [-0.2, 0) is 0 Å². The molecule has 0 saturated heterocycles. The van der Waals surface area contributed by atoms with Gasteiger partial charge in [0.25, 0.3) is 0 Å². The monoisotopic (exact) mass is 327 g/mol. The van der Waals surface area contributed by atoms with Crippen molar-refractivity contribution in [2.45, 2.75) is 19.9 Å². The standard InChI is InChI=1S/C14H15BrClNO/c1-3-17-14(12-6-7-13(15)18-12)10-5-4-9(2)8-11(10)16/h4-8,14,17H,3H2,1-2H3. The molecule has 2 rings (SSSR count). The zero-order valence-corrected chi connectivity index (χ0v) is 12.7.